The molecule has 1 aromatic carbocycles. The highest BCUT2D eigenvalue weighted by atomic mass is 35.5. The molecule has 0 bridgehead atoms. The van der Waals surface area contributed by atoms with Crippen LogP contribution in [0.5, 0.6) is 0 Å². The zero-order valence-electron chi connectivity index (χ0n) is 9.36. The van der Waals surface area contributed by atoms with Crippen molar-refractivity contribution in [1.82, 2.24) is 0 Å². The molecule has 0 aliphatic rings. The van der Waals surface area contributed by atoms with E-state index in [1.54, 1.807) is 7.11 Å². The van der Waals surface area contributed by atoms with Crippen molar-refractivity contribution in [3.8, 4) is 0 Å². The van der Waals surface area contributed by atoms with Crippen LogP contribution in [0, 0.1) is 0 Å². The Balaban J connectivity index is 2.60. The van der Waals surface area contributed by atoms with Crippen LogP contribution in [0.2, 0.25) is 0 Å². The van der Waals surface area contributed by atoms with Gasteiger partial charge in [0.15, 0.2) is 0 Å². The highest BCUT2D eigenvalue weighted by molar-refractivity contribution is 6.18. The van der Waals surface area contributed by atoms with Crippen molar-refractivity contribution >= 4 is 11.6 Å². The molecular formula is C12H17ClO3. The maximum absolute atomic E-state index is 9.51. The first-order valence-electron chi connectivity index (χ1n) is 5.15. The minimum Gasteiger partial charge on any atom is -0.392 e. The lowest BCUT2D eigenvalue weighted by atomic mass is 10.0. The minimum absolute atomic E-state index is 0.243. The number of rotatable bonds is 7. The van der Waals surface area contributed by atoms with Gasteiger partial charge < -0.3 is 14.6 Å². The van der Waals surface area contributed by atoms with Crippen LogP contribution < -0.4 is 0 Å². The summed E-state index contributed by atoms with van der Waals surface area (Å²) in [6.07, 6.45) is 0.0426. The summed E-state index contributed by atoms with van der Waals surface area (Å²) in [4.78, 5) is 0. The Morgan fingerprint density at radius 2 is 2.00 bits per heavy atom. The van der Waals surface area contributed by atoms with Gasteiger partial charge in [-0.05, 0) is 17.5 Å². The number of methoxy groups -OCH3 is 1. The molecular weight excluding hydrogens is 228 g/mol. The Kier molecular flexibility index (Phi) is 6.42. The second-order valence-electron chi connectivity index (χ2n) is 3.54. The third-order valence-electron chi connectivity index (χ3n) is 2.21. The van der Waals surface area contributed by atoms with Gasteiger partial charge in [0.05, 0.1) is 12.7 Å². The number of halogens is 1. The Hall–Kier alpha value is -0.610. The van der Waals surface area contributed by atoms with Crippen molar-refractivity contribution in [2.75, 3.05) is 19.8 Å². The molecule has 0 aliphatic carbocycles. The topological polar surface area (TPSA) is 38.7 Å². The molecule has 3 nitrogen and oxygen atoms in total. The highest BCUT2D eigenvalue weighted by Crippen LogP contribution is 2.13. The molecule has 4 heteroatoms. The van der Waals surface area contributed by atoms with Gasteiger partial charge in [-0.2, -0.15) is 0 Å². The Morgan fingerprint density at radius 1 is 1.31 bits per heavy atom. The summed E-state index contributed by atoms with van der Waals surface area (Å²) in [5, 5.41) is 9.51. The van der Waals surface area contributed by atoms with Gasteiger partial charge in [0.25, 0.3) is 0 Å². The summed E-state index contributed by atoms with van der Waals surface area (Å²) in [7, 11) is 1.59. The molecule has 0 spiro atoms. The summed E-state index contributed by atoms with van der Waals surface area (Å²) < 4.78 is 10.1. The Morgan fingerprint density at radius 3 is 2.62 bits per heavy atom. The molecule has 16 heavy (non-hydrogen) atoms. The van der Waals surface area contributed by atoms with Crippen LogP contribution in [0.15, 0.2) is 24.3 Å². The van der Waals surface area contributed by atoms with Gasteiger partial charge in [0.1, 0.15) is 6.79 Å². The van der Waals surface area contributed by atoms with E-state index in [2.05, 4.69) is 0 Å². The normalized spacial score (nSPS) is 12.7. The smallest absolute Gasteiger partial charge is 0.146 e. The molecule has 0 fully saturated rings. The van der Waals surface area contributed by atoms with E-state index in [4.69, 9.17) is 21.1 Å². The number of hydrogen-bond donors (Lipinski definition) is 1. The molecule has 0 amide bonds. The maximum atomic E-state index is 9.51. The molecule has 1 N–H and O–H groups in total. The van der Waals surface area contributed by atoms with E-state index in [1.807, 2.05) is 24.3 Å². The quantitative estimate of drug-likeness (QED) is 0.453. The van der Waals surface area contributed by atoms with E-state index in [9.17, 15) is 5.11 Å². The second-order valence-corrected chi connectivity index (χ2v) is 3.84. The Bertz CT molecular complexity index is 304. The third-order valence-corrected chi connectivity index (χ3v) is 2.57. The van der Waals surface area contributed by atoms with E-state index in [0.717, 1.165) is 11.1 Å². The summed E-state index contributed by atoms with van der Waals surface area (Å²) in [6.45, 7) is 0.755. The van der Waals surface area contributed by atoms with Crippen molar-refractivity contribution in [3.05, 3.63) is 35.4 Å². The number of benzene rings is 1. The van der Waals surface area contributed by atoms with Crippen molar-refractivity contribution < 1.29 is 14.6 Å². The van der Waals surface area contributed by atoms with Gasteiger partial charge in [-0.3, -0.25) is 0 Å². The number of alkyl halides is 1. The molecule has 1 unspecified atom stereocenters. The van der Waals surface area contributed by atoms with Crippen LogP contribution in [0.1, 0.15) is 11.1 Å². The first kappa shape index (κ1) is 13.5. The van der Waals surface area contributed by atoms with E-state index in [0.29, 0.717) is 13.0 Å². The molecule has 1 atom stereocenters. The van der Waals surface area contributed by atoms with Gasteiger partial charge in [0, 0.05) is 13.0 Å². The van der Waals surface area contributed by atoms with Gasteiger partial charge in [-0.25, -0.2) is 0 Å². The van der Waals surface area contributed by atoms with Crippen molar-refractivity contribution in [1.29, 1.82) is 0 Å². The van der Waals surface area contributed by atoms with Crippen LogP contribution in [-0.2, 0) is 22.5 Å². The lowest BCUT2D eigenvalue weighted by molar-refractivity contribution is -0.0393. The predicted octanol–water partition coefficient (Wildman–Crippen LogP) is 1.95. The molecule has 90 valence electrons. The van der Waals surface area contributed by atoms with Gasteiger partial charge in [-0.1, -0.05) is 24.3 Å². The van der Waals surface area contributed by atoms with E-state index in [-0.39, 0.29) is 12.7 Å². The minimum atomic E-state index is -0.509. The zero-order chi connectivity index (χ0) is 11.8. The molecule has 0 radical (unpaired) electrons. The summed E-state index contributed by atoms with van der Waals surface area (Å²) in [6, 6.07) is 7.84. The third kappa shape index (κ3) is 4.49. The van der Waals surface area contributed by atoms with Gasteiger partial charge >= 0.3 is 0 Å². The SMILES string of the molecule is COCOCc1ccccc1CC(O)CCl. The zero-order valence-corrected chi connectivity index (χ0v) is 10.1. The fourth-order valence-electron chi connectivity index (χ4n) is 1.44. The molecule has 0 heterocycles. The van der Waals surface area contributed by atoms with Crippen LogP contribution >= 0.6 is 11.6 Å². The first-order valence-corrected chi connectivity index (χ1v) is 5.69. The lowest BCUT2D eigenvalue weighted by Crippen LogP contribution is -2.13. The fraction of sp³-hybridized carbons (Fsp3) is 0.500. The van der Waals surface area contributed by atoms with Crippen molar-refractivity contribution in [3.63, 3.8) is 0 Å². The summed E-state index contributed by atoms with van der Waals surface area (Å²) in [5.41, 5.74) is 2.12. The largest absolute Gasteiger partial charge is 0.392 e. The molecule has 1 aromatic rings. The van der Waals surface area contributed by atoms with E-state index in [1.165, 1.54) is 0 Å². The first-order chi connectivity index (χ1) is 7.77. The van der Waals surface area contributed by atoms with Gasteiger partial charge in [-0.15, -0.1) is 11.6 Å². The number of aliphatic hydroxyl groups is 1. The number of aliphatic hydroxyl groups excluding tert-OH is 1. The van der Waals surface area contributed by atoms with Gasteiger partial charge in [0.2, 0.25) is 0 Å². The van der Waals surface area contributed by atoms with Crippen LogP contribution in [0.25, 0.3) is 0 Å². The Labute approximate surface area is 101 Å². The maximum Gasteiger partial charge on any atom is 0.146 e. The predicted molar refractivity (Wildman–Crippen MR) is 63.5 cm³/mol. The van der Waals surface area contributed by atoms with Crippen LogP contribution in [-0.4, -0.2) is 31.0 Å². The monoisotopic (exact) mass is 244 g/mol. The number of ether oxygens (including phenoxy) is 2. The fourth-order valence-corrected chi connectivity index (χ4v) is 1.55. The molecule has 0 aliphatic heterocycles. The van der Waals surface area contributed by atoms with E-state index < -0.39 is 6.10 Å². The standard InChI is InChI=1S/C12H17ClO3/c1-15-9-16-8-11-5-3-2-4-10(11)6-12(14)7-13/h2-5,12,14H,6-9H2,1H3. The van der Waals surface area contributed by atoms with Crippen LogP contribution in [0.4, 0.5) is 0 Å². The molecule has 0 saturated carbocycles. The highest BCUT2D eigenvalue weighted by Gasteiger charge is 2.07. The average molecular weight is 245 g/mol. The summed E-state index contributed by atoms with van der Waals surface area (Å²) >= 11 is 5.58. The van der Waals surface area contributed by atoms with Crippen molar-refractivity contribution in [2.24, 2.45) is 0 Å². The van der Waals surface area contributed by atoms with Crippen LogP contribution in [0.3, 0.4) is 0 Å². The summed E-state index contributed by atoms with van der Waals surface area (Å²) in [5.74, 6) is 0.243. The molecule has 0 saturated heterocycles. The van der Waals surface area contributed by atoms with Crippen molar-refractivity contribution in [2.45, 2.75) is 19.1 Å². The molecule has 1 rings (SSSR count). The average Bonchev–Trinajstić information content (AvgIpc) is 2.31. The number of hydrogen-bond acceptors (Lipinski definition) is 3. The lowest BCUT2D eigenvalue weighted by Gasteiger charge is -2.12. The molecule has 0 aromatic heterocycles. The van der Waals surface area contributed by atoms with E-state index >= 15 is 0 Å². The second kappa shape index (κ2) is 7.63.